The number of nitrogens with two attached hydrogens (primary N) is 1. The first kappa shape index (κ1) is 13.5. The van der Waals surface area contributed by atoms with E-state index in [4.69, 9.17) is 10.5 Å². The predicted molar refractivity (Wildman–Crippen MR) is 73.8 cm³/mol. The second-order valence-electron chi connectivity index (χ2n) is 4.47. The molecule has 0 bridgehead atoms. The van der Waals surface area contributed by atoms with Crippen LogP contribution in [0.5, 0.6) is 5.75 Å². The molecule has 102 valence electrons. The van der Waals surface area contributed by atoms with Crippen molar-refractivity contribution in [2.45, 2.75) is 32.9 Å². The van der Waals surface area contributed by atoms with E-state index in [1.54, 1.807) is 6.20 Å². The number of ether oxygens (including phenoxy) is 1. The zero-order chi connectivity index (χ0) is 13.5. The van der Waals surface area contributed by atoms with Crippen molar-refractivity contribution in [3.05, 3.63) is 41.7 Å². The molecule has 2 rings (SSSR count). The van der Waals surface area contributed by atoms with Gasteiger partial charge in [-0.1, -0.05) is 23.4 Å². The first-order chi connectivity index (χ1) is 9.31. The van der Waals surface area contributed by atoms with Gasteiger partial charge in [0.05, 0.1) is 18.5 Å². The van der Waals surface area contributed by atoms with E-state index in [1.165, 1.54) is 5.56 Å². The van der Waals surface area contributed by atoms with Crippen molar-refractivity contribution in [2.75, 3.05) is 6.61 Å². The summed E-state index contributed by atoms with van der Waals surface area (Å²) in [4.78, 5) is 0. The van der Waals surface area contributed by atoms with Crippen LogP contribution in [0.1, 0.15) is 24.1 Å². The third kappa shape index (κ3) is 3.79. The number of rotatable bonds is 7. The lowest BCUT2D eigenvalue weighted by Gasteiger charge is -2.09. The van der Waals surface area contributed by atoms with E-state index >= 15 is 0 Å². The largest absolute Gasteiger partial charge is 0.493 e. The van der Waals surface area contributed by atoms with Crippen LogP contribution in [-0.4, -0.2) is 21.6 Å². The molecule has 0 saturated heterocycles. The highest BCUT2D eigenvalue weighted by atomic mass is 16.5. The molecule has 0 aliphatic heterocycles. The molecule has 0 radical (unpaired) electrons. The van der Waals surface area contributed by atoms with Crippen molar-refractivity contribution in [3.8, 4) is 5.75 Å². The number of para-hydroxylation sites is 1. The summed E-state index contributed by atoms with van der Waals surface area (Å²) in [6.07, 6.45) is 3.70. The molecule has 2 aromatic rings. The highest BCUT2D eigenvalue weighted by molar-refractivity contribution is 5.31. The second kappa shape index (κ2) is 6.89. The molecule has 0 saturated carbocycles. The van der Waals surface area contributed by atoms with E-state index in [9.17, 15) is 0 Å². The monoisotopic (exact) mass is 260 g/mol. The molecule has 5 nitrogen and oxygen atoms in total. The van der Waals surface area contributed by atoms with Crippen LogP contribution < -0.4 is 10.5 Å². The SMILES string of the molecule is Cc1ccccc1OCCCCn1nncc1CN. The molecule has 1 aromatic carbocycles. The Hall–Kier alpha value is -1.88. The minimum absolute atomic E-state index is 0.479. The minimum Gasteiger partial charge on any atom is -0.493 e. The molecule has 1 aromatic heterocycles. The summed E-state index contributed by atoms with van der Waals surface area (Å²) in [5, 5.41) is 7.86. The summed E-state index contributed by atoms with van der Waals surface area (Å²) in [7, 11) is 0. The molecule has 5 heteroatoms. The van der Waals surface area contributed by atoms with Gasteiger partial charge in [0.15, 0.2) is 0 Å². The highest BCUT2D eigenvalue weighted by Crippen LogP contribution is 2.16. The van der Waals surface area contributed by atoms with Crippen molar-refractivity contribution in [3.63, 3.8) is 0 Å². The highest BCUT2D eigenvalue weighted by Gasteiger charge is 2.01. The molecule has 0 atom stereocenters. The second-order valence-corrected chi connectivity index (χ2v) is 4.47. The van der Waals surface area contributed by atoms with E-state index in [2.05, 4.69) is 23.3 Å². The molecule has 19 heavy (non-hydrogen) atoms. The number of aromatic nitrogens is 3. The van der Waals surface area contributed by atoms with Crippen LogP contribution in [0.25, 0.3) is 0 Å². The third-order valence-corrected chi connectivity index (χ3v) is 3.02. The third-order valence-electron chi connectivity index (χ3n) is 3.02. The number of nitrogens with zero attached hydrogens (tertiary/aromatic N) is 3. The van der Waals surface area contributed by atoms with E-state index in [1.807, 2.05) is 22.9 Å². The van der Waals surface area contributed by atoms with Crippen molar-refractivity contribution < 1.29 is 4.74 Å². The average molecular weight is 260 g/mol. The normalized spacial score (nSPS) is 10.6. The lowest BCUT2D eigenvalue weighted by Crippen LogP contribution is -2.10. The van der Waals surface area contributed by atoms with Crippen LogP contribution in [-0.2, 0) is 13.1 Å². The number of aryl methyl sites for hydroxylation is 2. The minimum atomic E-state index is 0.479. The van der Waals surface area contributed by atoms with E-state index < -0.39 is 0 Å². The van der Waals surface area contributed by atoms with Gasteiger partial charge in [0.1, 0.15) is 5.75 Å². The van der Waals surface area contributed by atoms with Crippen LogP contribution in [0.15, 0.2) is 30.5 Å². The van der Waals surface area contributed by atoms with Gasteiger partial charge in [0, 0.05) is 13.1 Å². The van der Waals surface area contributed by atoms with Gasteiger partial charge in [-0.05, 0) is 31.4 Å². The van der Waals surface area contributed by atoms with Crippen molar-refractivity contribution >= 4 is 0 Å². The summed E-state index contributed by atoms with van der Waals surface area (Å²) in [5.74, 6) is 0.964. The van der Waals surface area contributed by atoms with Crippen LogP contribution in [0.4, 0.5) is 0 Å². The lowest BCUT2D eigenvalue weighted by atomic mass is 10.2. The fourth-order valence-electron chi connectivity index (χ4n) is 1.89. The summed E-state index contributed by atoms with van der Waals surface area (Å²) in [5.41, 5.74) is 7.74. The predicted octanol–water partition coefficient (Wildman–Crippen LogP) is 1.90. The molecule has 0 spiro atoms. The standard InChI is InChI=1S/C14H20N4O/c1-12-6-2-3-7-14(12)19-9-5-4-8-18-13(10-15)11-16-17-18/h2-3,6-7,11H,4-5,8-10,15H2,1H3. The summed E-state index contributed by atoms with van der Waals surface area (Å²) < 4.78 is 7.60. The Bertz CT molecular complexity index is 510. The fourth-order valence-corrected chi connectivity index (χ4v) is 1.89. The topological polar surface area (TPSA) is 66.0 Å². The Morgan fingerprint density at radius 2 is 2.11 bits per heavy atom. The average Bonchev–Trinajstić information content (AvgIpc) is 2.88. The van der Waals surface area contributed by atoms with E-state index in [-0.39, 0.29) is 0 Å². The fraction of sp³-hybridized carbons (Fsp3) is 0.429. The van der Waals surface area contributed by atoms with Gasteiger partial charge in [-0.3, -0.25) is 0 Å². The smallest absolute Gasteiger partial charge is 0.122 e. The number of unbranched alkanes of at least 4 members (excludes halogenated alkanes) is 1. The molecule has 1 heterocycles. The molecule has 2 N–H and O–H groups in total. The van der Waals surface area contributed by atoms with Crippen LogP contribution in [0.3, 0.4) is 0 Å². The Morgan fingerprint density at radius 3 is 2.89 bits per heavy atom. The zero-order valence-corrected chi connectivity index (χ0v) is 11.2. The molecule has 0 fully saturated rings. The van der Waals surface area contributed by atoms with Crippen molar-refractivity contribution in [2.24, 2.45) is 5.73 Å². The van der Waals surface area contributed by atoms with Gasteiger partial charge in [0.2, 0.25) is 0 Å². The molecule has 0 aliphatic rings. The first-order valence-electron chi connectivity index (χ1n) is 6.57. The number of benzene rings is 1. The van der Waals surface area contributed by atoms with E-state index in [0.717, 1.165) is 37.4 Å². The van der Waals surface area contributed by atoms with Gasteiger partial charge in [0.25, 0.3) is 0 Å². The number of hydrogen-bond donors (Lipinski definition) is 1. The molecular formula is C14H20N4O. The van der Waals surface area contributed by atoms with Crippen molar-refractivity contribution in [1.29, 1.82) is 0 Å². The summed E-state index contributed by atoms with van der Waals surface area (Å²) >= 11 is 0. The Morgan fingerprint density at radius 1 is 1.26 bits per heavy atom. The molecule has 0 amide bonds. The maximum atomic E-state index is 5.74. The van der Waals surface area contributed by atoms with Gasteiger partial charge < -0.3 is 10.5 Å². The summed E-state index contributed by atoms with van der Waals surface area (Å²) in [6, 6.07) is 8.06. The summed E-state index contributed by atoms with van der Waals surface area (Å²) in [6.45, 7) is 4.09. The van der Waals surface area contributed by atoms with Gasteiger partial charge in [-0.25, -0.2) is 4.68 Å². The van der Waals surface area contributed by atoms with Gasteiger partial charge in [-0.2, -0.15) is 0 Å². The van der Waals surface area contributed by atoms with Crippen LogP contribution >= 0.6 is 0 Å². The number of hydrogen-bond acceptors (Lipinski definition) is 4. The lowest BCUT2D eigenvalue weighted by molar-refractivity contribution is 0.299. The van der Waals surface area contributed by atoms with E-state index in [0.29, 0.717) is 6.54 Å². The molecular weight excluding hydrogens is 240 g/mol. The first-order valence-corrected chi connectivity index (χ1v) is 6.57. The zero-order valence-electron chi connectivity index (χ0n) is 11.2. The van der Waals surface area contributed by atoms with Crippen LogP contribution in [0, 0.1) is 6.92 Å². The maximum absolute atomic E-state index is 5.74. The Labute approximate surface area is 113 Å². The molecule has 0 unspecified atom stereocenters. The Kier molecular flexibility index (Phi) is 4.92. The molecule has 0 aliphatic carbocycles. The Balaban J connectivity index is 1.69. The van der Waals surface area contributed by atoms with Gasteiger partial charge >= 0.3 is 0 Å². The van der Waals surface area contributed by atoms with Crippen LogP contribution in [0.2, 0.25) is 0 Å². The maximum Gasteiger partial charge on any atom is 0.122 e. The van der Waals surface area contributed by atoms with Gasteiger partial charge in [-0.15, -0.1) is 5.10 Å². The van der Waals surface area contributed by atoms with Crippen molar-refractivity contribution in [1.82, 2.24) is 15.0 Å². The quantitative estimate of drug-likeness (QED) is 0.772.